The second-order valence-corrected chi connectivity index (χ2v) is 4.01. The zero-order valence-electron chi connectivity index (χ0n) is 7.38. The number of nitrogens with one attached hydrogen (secondary N) is 2. The Balaban J connectivity index is 2.22. The summed E-state index contributed by atoms with van der Waals surface area (Å²) in [5.41, 5.74) is 1.97. The topological polar surface area (TPSA) is 48.6 Å². The summed E-state index contributed by atoms with van der Waals surface area (Å²) >= 11 is 3.40. The molecule has 0 aliphatic carbocycles. The van der Waals surface area contributed by atoms with Gasteiger partial charge in [0.05, 0.1) is 0 Å². The summed E-state index contributed by atoms with van der Waals surface area (Å²) in [7, 11) is 0. The predicted molar refractivity (Wildman–Crippen MR) is 58.4 cm³/mol. The molecule has 0 radical (unpaired) electrons. The van der Waals surface area contributed by atoms with Crippen LogP contribution in [-0.4, -0.2) is 10.2 Å². The van der Waals surface area contributed by atoms with Gasteiger partial charge in [0.2, 0.25) is 0 Å². The van der Waals surface area contributed by atoms with E-state index in [-0.39, 0.29) is 5.56 Å². The van der Waals surface area contributed by atoms with Gasteiger partial charge in [-0.05, 0) is 17.7 Å². The van der Waals surface area contributed by atoms with Gasteiger partial charge < -0.3 is 5.10 Å². The van der Waals surface area contributed by atoms with Crippen LogP contribution in [0, 0.1) is 0 Å². The van der Waals surface area contributed by atoms with Crippen molar-refractivity contribution in [3.8, 4) is 0 Å². The number of hydrogen-bond donors (Lipinski definition) is 2. The Morgan fingerprint density at radius 1 is 1.21 bits per heavy atom. The summed E-state index contributed by atoms with van der Waals surface area (Å²) in [5.74, 6) is 0. The first kappa shape index (κ1) is 9.27. The van der Waals surface area contributed by atoms with E-state index in [9.17, 15) is 4.79 Å². The van der Waals surface area contributed by atoms with Gasteiger partial charge in [-0.15, -0.1) is 0 Å². The Labute approximate surface area is 89.3 Å². The maximum atomic E-state index is 10.9. The van der Waals surface area contributed by atoms with Crippen molar-refractivity contribution in [1.29, 1.82) is 0 Å². The fourth-order valence-electron chi connectivity index (χ4n) is 1.33. The van der Waals surface area contributed by atoms with Crippen LogP contribution in [0.15, 0.2) is 39.6 Å². The first-order valence-electron chi connectivity index (χ1n) is 4.25. The minimum Gasteiger partial charge on any atom is -0.302 e. The molecule has 1 heterocycles. The average molecular weight is 253 g/mol. The van der Waals surface area contributed by atoms with Gasteiger partial charge in [0, 0.05) is 22.7 Å². The van der Waals surface area contributed by atoms with E-state index in [1.807, 2.05) is 24.3 Å². The van der Waals surface area contributed by atoms with Crippen LogP contribution in [0.1, 0.15) is 11.3 Å². The highest BCUT2D eigenvalue weighted by Gasteiger charge is 1.98. The summed E-state index contributed by atoms with van der Waals surface area (Å²) < 4.78 is 1.05. The molecule has 4 heteroatoms. The molecule has 0 spiro atoms. The first-order chi connectivity index (χ1) is 6.74. The lowest BCUT2D eigenvalue weighted by Gasteiger charge is -1.98. The third-order valence-corrected chi connectivity index (χ3v) is 2.43. The lowest BCUT2D eigenvalue weighted by molar-refractivity contribution is 0.982. The lowest BCUT2D eigenvalue weighted by Crippen LogP contribution is -1.93. The fourth-order valence-corrected chi connectivity index (χ4v) is 1.78. The molecule has 0 fully saturated rings. The molecular formula is C10H9BrN2O. The molecular weight excluding hydrogens is 244 g/mol. The van der Waals surface area contributed by atoms with E-state index in [2.05, 4.69) is 26.1 Å². The molecule has 0 amide bonds. The zero-order chi connectivity index (χ0) is 9.97. The number of aromatic nitrogens is 2. The normalized spacial score (nSPS) is 10.4. The number of benzene rings is 1. The molecule has 0 bridgehead atoms. The van der Waals surface area contributed by atoms with Crippen molar-refractivity contribution in [1.82, 2.24) is 10.2 Å². The van der Waals surface area contributed by atoms with Gasteiger partial charge in [-0.25, -0.2) is 0 Å². The molecule has 1 aromatic heterocycles. The Hall–Kier alpha value is -1.29. The molecule has 2 N–H and O–H groups in total. The Kier molecular flexibility index (Phi) is 2.54. The van der Waals surface area contributed by atoms with Crippen molar-refractivity contribution < 1.29 is 0 Å². The van der Waals surface area contributed by atoms with Crippen molar-refractivity contribution >= 4 is 15.9 Å². The minimum atomic E-state index is -0.0880. The van der Waals surface area contributed by atoms with Crippen LogP contribution in [0.3, 0.4) is 0 Å². The van der Waals surface area contributed by atoms with Crippen molar-refractivity contribution in [2.24, 2.45) is 0 Å². The summed E-state index contributed by atoms with van der Waals surface area (Å²) in [6.45, 7) is 0. The van der Waals surface area contributed by atoms with Crippen LogP contribution in [0.25, 0.3) is 0 Å². The molecule has 2 aromatic rings. The van der Waals surface area contributed by atoms with E-state index in [4.69, 9.17) is 0 Å². The maximum absolute atomic E-state index is 10.9. The Morgan fingerprint density at radius 3 is 2.71 bits per heavy atom. The van der Waals surface area contributed by atoms with Crippen LogP contribution in [-0.2, 0) is 6.42 Å². The summed E-state index contributed by atoms with van der Waals surface area (Å²) in [5, 5.41) is 5.33. The minimum absolute atomic E-state index is 0.0880. The van der Waals surface area contributed by atoms with Crippen LogP contribution in [0.2, 0.25) is 0 Å². The highest BCUT2D eigenvalue weighted by Crippen LogP contribution is 2.13. The molecule has 14 heavy (non-hydrogen) atoms. The van der Waals surface area contributed by atoms with Crippen LogP contribution >= 0.6 is 15.9 Å². The summed E-state index contributed by atoms with van der Waals surface area (Å²) in [4.78, 5) is 10.9. The third kappa shape index (κ3) is 2.14. The number of H-pyrrole nitrogens is 2. The van der Waals surface area contributed by atoms with E-state index in [1.54, 1.807) is 6.07 Å². The van der Waals surface area contributed by atoms with Crippen LogP contribution in [0.5, 0.6) is 0 Å². The predicted octanol–water partition coefficient (Wildman–Crippen LogP) is 2.06. The number of halogens is 1. The fraction of sp³-hybridized carbons (Fsp3) is 0.100. The Morgan fingerprint density at radius 2 is 2.07 bits per heavy atom. The zero-order valence-corrected chi connectivity index (χ0v) is 8.97. The second-order valence-electron chi connectivity index (χ2n) is 3.09. The summed E-state index contributed by atoms with van der Waals surface area (Å²) in [6.07, 6.45) is 0.734. The van der Waals surface area contributed by atoms with Crippen LogP contribution < -0.4 is 5.56 Å². The van der Waals surface area contributed by atoms with E-state index in [1.165, 1.54) is 0 Å². The van der Waals surface area contributed by atoms with E-state index in [0.29, 0.717) is 0 Å². The largest absolute Gasteiger partial charge is 0.302 e. The van der Waals surface area contributed by atoms with Gasteiger partial charge in [-0.2, -0.15) is 0 Å². The molecule has 0 saturated heterocycles. The van der Waals surface area contributed by atoms with Crippen molar-refractivity contribution in [2.75, 3.05) is 0 Å². The molecule has 0 atom stereocenters. The average Bonchev–Trinajstić information content (AvgIpc) is 2.51. The first-order valence-corrected chi connectivity index (χ1v) is 5.04. The smallest absolute Gasteiger partial charge is 0.264 e. The molecule has 1 aromatic carbocycles. The molecule has 0 aliphatic heterocycles. The van der Waals surface area contributed by atoms with Gasteiger partial charge >= 0.3 is 0 Å². The Bertz CT molecular complexity index is 487. The van der Waals surface area contributed by atoms with Crippen molar-refractivity contribution in [3.63, 3.8) is 0 Å². The van der Waals surface area contributed by atoms with Gasteiger partial charge in [0.25, 0.3) is 5.56 Å². The quantitative estimate of drug-likeness (QED) is 0.845. The second kappa shape index (κ2) is 3.84. The van der Waals surface area contributed by atoms with Gasteiger partial charge in [0.15, 0.2) is 0 Å². The SMILES string of the molecule is O=c1cc(Cc2cccc(Br)c2)[nH][nH]1. The molecule has 3 nitrogen and oxygen atoms in total. The molecule has 0 aliphatic rings. The third-order valence-electron chi connectivity index (χ3n) is 1.94. The molecule has 72 valence electrons. The van der Waals surface area contributed by atoms with E-state index in [0.717, 1.165) is 22.2 Å². The molecule has 2 rings (SSSR count). The highest BCUT2D eigenvalue weighted by atomic mass is 79.9. The maximum Gasteiger partial charge on any atom is 0.264 e. The van der Waals surface area contributed by atoms with E-state index >= 15 is 0 Å². The number of rotatable bonds is 2. The summed E-state index contributed by atoms with van der Waals surface area (Å²) in [6, 6.07) is 9.58. The number of hydrogen-bond acceptors (Lipinski definition) is 1. The van der Waals surface area contributed by atoms with E-state index < -0.39 is 0 Å². The standard InChI is InChI=1S/C10H9BrN2O/c11-8-3-1-2-7(4-8)5-9-6-10(14)13-12-9/h1-4,6H,5H2,(H2,12,13,14). The lowest BCUT2D eigenvalue weighted by atomic mass is 10.1. The van der Waals surface area contributed by atoms with Gasteiger partial charge in [0.1, 0.15) is 0 Å². The number of aromatic amines is 2. The van der Waals surface area contributed by atoms with Gasteiger partial charge in [-0.3, -0.25) is 9.89 Å². The molecule has 0 unspecified atom stereocenters. The monoisotopic (exact) mass is 252 g/mol. The van der Waals surface area contributed by atoms with Gasteiger partial charge in [-0.1, -0.05) is 28.1 Å². The molecule has 0 saturated carbocycles. The van der Waals surface area contributed by atoms with Crippen LogP contribution in [0.4, 0.5) is 0 Å². The highest BCUT2D eigenvalue weighted by molar-refractivity contribution is 9.10. The van der Waals surface area contributed by atoms with Crippen molar-refractivity contribution in [3.05, 3.63) is 56.4 Å². The van der Waals surface area contributed by atoms with Crippen molar-refractivity contribution in [2.45, 2.75) is 6.42 Å².